The molecule has 1 saturated heterocycles. The van der Waals surface area contributed by atoms with Crippen LogP contribution in [0.25, 0.3) is 0 Å². The molecule has 0 aromatic heterocycles. The smallest absolute Gasteiger partial charge is 0.329 e. The lowest BCUT2D eigenvalue weighted by molar-refractivity contribution is -0.163. The van der Waals surface area contributed by atoms with Crippen LogP contribution in [0.5, 0.6) is 0 Å². The fourth-order valence-corrected chi connectivity index (χ4v) is 2.85. The molecule has 0 radical (unpaired) electrons. The molecule has 1 fully saturated rings. The largest absolute Gasteiger partial charge is 0.458 e. The van der Waals surface area contributed by atoms with Gasteiger partial charge in [-0.2, -0.15) is 0 Å². The number of esters is 1. The number of hydrogen-bond acceptors (Lipinski definition) is 4. The highest BCUT2D eigenvalue weighted by atomic mass is 35.5. The van der Waals surface area contributed by atoms with Crippen molar-refractivity contribution in [2.24, 2.45) is 5.92 Å². The van der Waals surface area contributed by atoms with Gasteiger partial charge in [0.25, 0.3) is 0 Å². The first-order valence-corrected chi connectivity index (χ1v) is 8.97. The lowest BCUT2D eigenvalue weighted by Gasteiger charge is -2.30. The first-order chi connectivity index (χ1) is 11.0. The maximum Gasteiger partial charge on any atom is 0.329 e. The Morgan fingerprint density at radius 1 is 1.29 bits per heavy atom. The van der Waals surface area contributed by atoms with Crippen molar-refractivity contribution in [3.8, 4) is 0 Å². The summed E-state index contributed by atoms with van der Waals surface area (Å²) in [6.45, 7) is 9.84. The van der Waals surface area contributed by atoms with E-state index in [1.165, 1.54) is 4.90 Å². The fraction of sp³-hybridized carbons (Fsp3) is 0.824. The number of halogens is 1. The minimum absolute atomic E-state index is 0.197. The van der Waals surface area contributed by atoms with E-state index in [4.69, 9.17) is 16.3 Å². The molecule has 0 bridgehead atoms. The lowest BCUT2D eigenvalue weighted by Crippen LogP contribution is -2.53. The van der Waals surface area contributed by atoms with Gasteiger partial charge in [-0.25, -0.2) is 4.79 Å². The number of hydrogen-bond donors (Lipinski definition) is 1. The molecule has 1 heterocycles. The van der Waals surface area contributed by atoms with Crippen LogP contribution in [0.15, 0.2) is 0 Å². The summed E-state index contributed by atoms with van der Waals surface area (Å²) in [7, 11) is 0. The SMILES string of the molecule is CC(C)C[C@H](NC(=O)CCl)C(=O)N1CCC[C@H]1C(=O)OC(C)(C)C. The molecule has 7 heteroatoms. The summed E-state index contributed by atoms with van der Waals surface area (Å²) in [6.07, 6.45) is 1.82. The van der Waals surface area contributed by atoms with Gasteiger partial charge in [0, 0.05) is 6.54 Å². The number of carbonyl (C=O) groups excluding carboxylic acids is 3. The summed E-state index contributed by atoms with van der Waals surface area (Å²) in [4.78, 5) is 38.4. The molecule has 0 unspecified atom stereocenters. The third-order valence-corrected chi connectivity index (χ3v) is 3.92. The van der Waals surface area contributed by atoms with Gasteiger partial charge in [0.15, 0.2) is 0 Å². The Morgan fingerprint density at radius 2 is 1.92 bits per heavy atom. The maximum absolute atomic E-state index is 12.9. The number of alkyl halides is 1. The van der Waals surface area contributed by atoms with Crippen molar-refractivity contribution in [2.45, 2.75) is 71.6 Å². The Bertz CT molecular complexity index is 474. The number of carbonyl (C=O) groups is 3. The van der Waals surface area contributed by atoms with E-state index in [1.54, 1.807) is 20.8 Å². The number of amides is 2. The highest BCUT2D eigenvalue weighted by Gasteiger charge is 2.39. The van der Waals surface area contributed by atoms with E-state index in [9.17, 15) is 14.4 Å². The molecular weight excluding hydrogens is 332 g/mol. The zero-order valence-corrected chi connectivity index (χ0v) is 16.0. The molecule has 138 valence electrons. The second kappa shape index (κ2) is 8.70. The minimum atomic E-state index is -0.667. The van der Waals surface area contributed by atoms with Gasteiger partial charge in [-0.1, -0.05) is 13.8 Å². The van der Waals surface area contributed by atoms with Gasteiger partial charge in [-0.05, 0) is 46.0 Å². The van der Waals surface area contributed by atoms with Crippen LogP contribution in [0, 0.1) is 5.92 Å². The summed E-state index contributed by atoms with van der Waals surface area (Å²) in [5.74, 6) is -0.992. The molecule has 0 aliphatic carbocycles. The fourth-order valence-electron chi connectivity index (χ4n) is 2.77. The van der Waals surface area contributed by atoms with Crippen LogP contribution in [0.2, 0.25) is 0 Å². The van der Waals surface area contributed by atoms with Gasteiger partial charge >= 0.3 is 5.97 Å². The average Bonchev–Trinajstić information content (AvgIpc) is 2.92. The summed E-state index contributed by atoms with van der Waals surface area (Å²) in [5.41, 5.74) is -0.599. The topological polar surface area (TPSA) is 75.7 Å². The van der Waals surface area contributed by atoms with Gasteiger partial charge in [0.1, 0.15) is 23.6 Å². The zero-order chi connectivity index (χ0) is 18.5. The predicted octanol–water partition coefficient (Wildman–Crippen LogP) is 2.09. The van der Waals surface area contributed by atoms with E-state index in [0.29, 0.717) is 19.4 Å². The van der Waals surface area contributed by atoms with E-state index in [-0.39, 0.29) is 29.6 Å². The van der Waals surface area contributed by atoms with E-state index < -0.39 is 17.7 Å². The Labute approximate surface area is 149 Å². The molecule has 2 atom stereocenters. The van der Waals surface area contributed by atoms with Crippen LogP contribution >= 0.6 is 11.6 Å². The molecule has 1 N–H and O–H groups in total. The molecule has 1 aliphatic heterocycles. The van der Waals surface area contributed by atoms with Gasteiger partial charge in [-0.15, -0.1) is 11.6 Å². The zero-order valence-electron chi connectivity index (χ0n) is 15.2. The molecule has 6 nitrogen and oxygen atoms in total. The maximum atomic E-state index is 12.9. The van der Waals surface area contributed by atoms with Gasteiger partial charge < -0.3 is 15.0 Å². The van der Waals surface area contributed by atoms with Crippen molar-refractivity contribution in [1.29, 1.82) is 0 Å². The predicted molar refractivity (Wildman–Crippen MR) is 92.7 cm³/mol. The van der Waals surface area contributed by atoms with Crippen molar-refractivity contribution < 1.29 is 19.1 Å². The summed E-state index contributed by atoms with van der Waals surface area (Å²) in [6, 6.07) is -1.25. The monoisotopic (exact) mass is 360 g/mol. The second-order valence-corrected chi connectivity index (χ2v) is 7.87. The molecule has 1 rings (SSSR count). The summed E-state index contributed by atoms with van der Waals surface area (Å²) >= 11 is 5.54. The number of ether oxygens (including phenoxy) is 1. The Kier molecular flexibility index (Phi) is 7.52. The van der Waals surface area contributed by atoms with E-state index in [1.807, 2.05) is 13.8 Å². The quantitative estimate of drug-likeness (QED) is 0.581. The average molecular weight is 361 g/mol. The molecule has 0 saturated carbocycles. The first kappa shape index (κ1) is 20.7. The Morgan fingerprint density at radius 3 is 2.42 bits per heavy atom. The van der Waals surface area contributed by atoms with Gasteiger partial charge in [-0.3, -0.25) is 9.59 Å². The van der Waals surface area contributed by atoms with Crippen molar-refractivity contribution in [2.75, 3.05) is 12.4 Å². The van der Waals surface area contributed by atoms with E-state index in [2.05, 4.69) is 5.32 Å². The van der Waals surface area contributed by atoms with Crippen molar-refractivity contribution in [1.82, 2.24) is 10.2 Å². The second-order valence-electron chi connectivity index (χ2n) is 7.61. The first-order valence-electron chi connectivity index (χ1n) is 8.43. The molecule has 0 aromatic carbocycles. The Balaban J connectivity index is 2.86. The van der Waals surface area contributed by atoms with Crippen molar-refractivity contribution >= 4 is 29.4 Å². The molecule has 1 aliphatic rings. The highest BCUT2D eigenvalue weighted by molar-refractivity contribution is 6.27. The third-order valence-electron chi connectivity index (χ3n) is 3.68. The number of rotatable bonds is 6. The normalized spacial score (nSPS) is 19.3. The number of nitrogens with zero attached hydrogens (tertiary/aromatic N) is 1. The number of likely N-dealkylation sites (tertiary alicyclic amines) is 1. The Hall–Kier alpha value is -1.30. The summed E-state index contributed by atoms with van der Waals surface area (Å²) < 4.78 is 5.42. The van der Waals surface area contributed by atoms with Crippen LogP contribution in [-0.2, 0) is 19.1 Å². The van der Waals surface area contributed by atoms with Crippen molar-refractivity contribution in [3.05, 3.63) is 0 Å². The minimum Gasteiger partial charge on any atom is -0.458 e. The highest BCUT2D eigenvalue weighted by Crippen LogP contribution is 2.23. The van der Waals surface area contributed by atoms with Crippen LogP contribution in [-0.4, -0.2) is 52.8 Å². The molecular formula is C17H29ClN2O4. The molecule has 24 heavy (non-hydrogen) atoms. The standard InChI is InChI=1S/C17H29ClN2O4/c1-11(2)9-12(19-14(21)10-18)15(22)20-8-6-7-13(20)16(23)24-17(3,4)5/h11-13H,6-10H2,1-5H3,(H,19,21)/t12-,13-/m0/s1. The van der Waals surface area contributed by atoms with Gasteiger partial charge in [0.2, 0.25) is 11.8 Å². The van der Waals surface area contributed by atoms with E-state index >= 15 is 0 Å². The van der Waals surface area contributed by atoms with Gasteiger partial charge in [0.05, 0.1) is 0 Å². The number of nitrogens with one attached hydrogen (secondary N) is 1. The van der Waals surface area contributed by atoms with Crippen LogP contribution < -0.4 is 5.32 Å². The van der Waals surface area contributed by atoms with Crippen LogP contribution in [0.4, 0.5) is 0 Å². The third kappa shape index (κ3) is 6.30. The van der Waals surface area contributed by atoms with Crippen LogP contribution in [0.3, 0.4) is 0 Å². The lowest BCUT2D eigenvalue weighted by atomic mass is 10.0. The van der Waals surface area contributed by atoms with Crippen molar-refractivity contribution in [3.63, 3.8) is 0 Å². The molecule has 0 spiro atoms. The van der Waals surface area contributed by atoms with Crippen LogP contribution in [0.1, 0.15) is 53.9 Å². The van der Waals surface area contributed by atoms with E-state index in [0.717, 1.165) is 6.42 Å². The molecule has 0 aromatic rings. The summed E-state index contributed by atoms with van der Waals surface area (Å²) in [5, 5.41) is 2.67. The molecule has 2 amide bonds.